The van der Waals surface area contributed by atoms with E-state index >= 15 is 0 Å². The Balaban J connectivity index is 2.25. The number of fused-ring (bicyclic) bond motifs is 1. The maximum absolute atomic E-state index is 5.27. The van der Waals surface area contributed by atoms with E-state index in [1.54, 1.807) is 6.20 Å². The van der Waals surface area contributed by atoms with Crippen LogP contribution in [0.5, 0.6) is 0 Å². The Bertz CT molecular complexity index is 757. The zero-order valence-electron chi connectivity index (χ0n) is 9.92. The largest absolute Gasteiger partial charge is 0.272 e. The first-order chi connectivity index (χ1) is 8.79. The summed E-state index contributed by atoms with van der Waals surface area (Å²) in [6.07, 6.45) is 2.63. The average Bonchev–Trinajstić information content (AvgIpc) is 2.79. The van der Waals surface area contributed by atoms with Gasteiger partial charge in [-0.1, -0.05) is 13.0 Å². The summed E-state index contributed by atoms with van der Waals surface area (Å²) in [5.41, 5.74) is 2.00. The third-order valence-electron chi connectivity index (χ3n) is 2.90. The maximum Gasteiger partial charge on any atom is 0.199 e. The highest BCUT2D eigenvalue weighted by Gasteiger charge is 2.06. The average molecular weight is 256 g/mol. The van der Waals surface area contributed by atoms with E-state index in [9.17, 15) is 0 Å². The van der Waals surface area contributed by atoms with Crippen molar-refractivity contribution in [1.29, 1.82) is 0 Å². The van der Waals surface area contributed by atoms with Crippen LogP contribution in [0, 0.1) is 4.77 Å². The minimum atomic E-state index is 0.620. The highest BCUT2D eigenvalue weighted by atomic mass is 32.1. The van der Waals surface area contributed by atoms with E-state index < -0.39 is 0 Å². The lowest BCUT2D eigenvalue weighted by Crippen LogP contribution is -2.00. The molecule has 0 aliphatic carbocycles. The molecule has 0 unspecified atom stereocenters. The molecule has 3 aromatic rings. The summed E-state index contributed by atoms with van der Waals surface area (Å²) in [6, 6.07) is 10.1. The molecule has 4 nitrogen and oxygen atoms in total. The molecular weight excluding hydrogens is 244 g/mol. The van der Waals surface area contributed by atoms with E-state index in [-0.39, 0.29) is 0 Å². The summed E-state index contributed by atoms with van der Waals surface area (Å²) in [5.74, 6) is 0.934. The summed E-state index contributed by atoms with van der Waals surface area (Å²) in [6.45, 7) is 2.06. The minimum Gasteiger partial charge on any atom is -0.272 e. The van der Waals surface area contributed by atoms with Crippen molar-refractivity contribution in [1.82, 2.24) is 19.7 Å². The van der Waals surface area contributed by atoms with E-state index in [0.29, 0.717) is 4.77 Å². The number of pyridine rings is 1. The molecule has 90 valence electrons. The Hall–Kier alpha value is -2.01. The summed E-state index contributed by atoms with van der Waals surface area (Å²) in [7, 11) is 0. The molecule has 2 heterocycles. The van der Waals surface area contributed by atoms with Gasteiger partial charge in [-0.05, 0) is 36.5 Å². The van der Waals surface area contributed by atoms with Gasteiger partial charge in [0.05, 0.1) is 11.2 Å². The first kappa shape index (κ1) is 11.1. The third-order valence-corrected chi connectivity index (χ3v) is 3.18. The van der Waals surface area contributed by atoms with Gasteiger partial charge in [-0.3, -0.25) is 14.6 Å². The SMILES string of the molecule is CCc1n[nH]c(=S)n1-c1ccc2ncccc2c1. The van der Waals surface area contributed by atoms with Gasteiger partial charge in [0.2, 0.25) is 0 Å². The molecule has 3 rings (SSSR count). The van der Waals surface area contributed by atoms with Crippen LogP contribution >= 0.6 is 12.2 Å². The van der Waals surface area contributed by atoms with Crippen LogP contribution in [0.3, 0.4) is 0 Å². The fourth-order valence-corrected chi connectivity index (χ4v) is 2.29. The second-order valence-electron chi connectivity index (χ2n) is 4.01. The van der Waals surface area contributed by atoms with E-state index in [1.165, 1.54) is 0 Å². The molecule has 5 heteroatoms. The van der Waals surface area contributed by atoms with Crippen LogP contribution in [-0.4, -0.2) is 19.7 Å². The Kier molecular flexibility index (Phi) is 2.68. The van der Waals surface area contributed by atoms with Crippen molar-refractivity contribution in [2.75, 3.05) is 0 Å². The van der Waals surface area contributed by atoms with Gasteiger partial charge in [-0.25, -0.2) is 0 Å². The molecule has 0 fully saturated rings. The summed E-state index contributed by atoms with van der Waals surface area (Å²) in [5, 5.41) is 8.15. The highest BCUT2D eigenvalue weighted by molar-refractivity contribution is 7.71. The number of aromatic nitrogens is 4. The molecule has 0 amide bonds. The monoisotopic (exact) mass is 256 g/mol. The first-order valence-electron chi connectivity index (χ1n) is 5.81. The summed E-state index contributed by atoms with van der Waals surface area (Å²) < 4.78 is 2.58. The maximum atomic E-state index is 5.27. The number of H-pyrrole nitrogens is 1. The standard InChI is InChI=1S/C13H12N4S/c1-2-12-15-16-13(18)17(12)10-5-6-11-9(8-10)4-3-7-14-11/h3-8H,2H2,1H3,(H,16,18). The molecule has 0 radical (unpaired) electrons. The number of aryl methyl sites for hydroxylation is 1. The topological polar surface area (TPSA) is 46.5 Å². The van der Waals surface area contributed by atoms with E-state index in [1.807, 2.05) is 28.8 Å². The fraction of sp³-hybridized carbons (Fsp3) is 0.154. The van der Waals surface area contributed by atoms with Gasteiger partial charge in [0.15, 0.2) is 4.77 Å². The fourth-order valence-electron chi connectivity index (χ4n) is 2.04. The van der Waals surface area contributed by atoms with Gasteiger partial charge in [0.1, 0.15) is 5.82 Å². The van der Waals surface area contributed by atoms with Crippen molar-refractivity contribution in [2.45, 2.75) is 13.3 Å². The van der Waals surface area contributed by atoms with Crippen molar-refractivity contribution in [3.8, 4) is 5.69 Å². The van der Waals surface area contributed by atoms with Crippen molar-refractivity contribution >= 4 is 23.1 Å². The normalized spacial score (nSPS) is 10.9. The number of nitrogens with zero attached hydrogens (tertiary/aromatic N) is 3. The lowest BCUT2D eigenvalue weighted by atomic mass is 10.2. The van der Waals surface area contributed by atoms with Crippen LogP contribution in [0.1, 0.15) is 12.7 Å². The lowest BCUT2D eigenvalue weighted by Gasteiger charge is -2.06. The molecule has 0 saturated carbocycles. The molecule has 0 saturated heterocycles. The van der Waals surface area contributed by atoms with Crippen LogP contribution in [0.25, 0.3) is 16.6 Å². The molecule has 0 atom stereocenters. The number of benzene rings is 1. The smallest absolute Gasteiger partial charge is 0.199 e. The molecule has 0 spiro atoms. The van der Waals surface area contributed by atoms with Gasteiger partial charge in [0.25, 0.3) is 0 Å². The Morgan fingerprint density at radius 3 is 3.06 bits per heavy atom. The van der Waals surface area contributed by atoms with Crippen molar-refractivity contribution in [3.63, 3.8) is 0 Å². The van der Waals surface area contributed by atoms with Crippen LogP contribution in [-0.2, 0) is 6.42 Å². The number of aromatic amines is 1. The van der Waals surface area contributed by atoms with Crippen molar-refractivity contribution in [3.05, 3.63) is 47.1 Å². The third kappa shape index (κ3) is 1.73. The molecule has 1 N–H and O–H groups in total. The number of hydrogen-bond donors (Lipinski definition) is 1. The van der Waals surface area contributed by atoms with Crippen LogP contribution in [0.4, 0.5) is 0 Å². The number of rotatable bonds is 2. The zero-order valence-corrected chi connectivity index (χ0v) is 10.7. The van der Waals surface area contributed by atoms with Gasteiger partial charge in [-0.15, -0.1) is 0 Å². The van der Waals surface area contributed by atoms with Gasteiger partial charge < -0.3 is 0 Å². The Morgan fingerprint density at radius 1 is 1.33 bits per heavy atom. The van der Waals surface area contributed by atoms with Crippen molar-refractivity contribution in [2.24, 2.45) is 0 Å². The van der Waals surface area contributed by atoms with E-state index in [2.05, 4.69) is 28.2 Å². The molecule has 0 aliphatic rings. The Labute approximate surface area is 109 Å². The number of hydrogen-bond acceptors (Lipinski definition) is 3. The Morgan fingerprint density at radius 2 is 2.22 bits per heavy atom. The van der Waals surface area contributed by atoms with E-state index in [0.717, 1.165) is 28.8 Å². The molecule has 1 aromatic carbocycles. The molecule has 0 aliphatic heterocycles. The highest BCUT2D eigenvalue weighted by Crippen LogP contribution is 2.18. The predicted molar refractivity (Wildman–Crippen MR) is 73.4 cm³/mol. The second kappa shape index (κ2) is 4.34. The lowest BCUT2D eigenvalue weighted by molar-refractivity contribution is 0.881. The van der Waals surface area contributed by atoms with Crippen molar-refractivity contribution < 1.29 is 0 Å². The second-order valence-corrected chi connectivity index (χ2v) is 4.40. The molecular formula is C13H12N4S. The van der Waals surface area contributed by atoms with Gasteiger partial charge in [-0.2, -0.15) is 5.10 Å². The number of nitrogens with one attached hydrogen (secondary N) is 1. The molecule has 18 heavy (non-hydrogen) atoms. The summed E-state index contributed by atoms with van der Waals surface area (Å²) in [4.78, 5) is 4.31. The zero-order chi connectivity index (χ0) is 12.5. The van der Waals surface area contributed by atoms with Crippen LogP contribution < -0.4 is 0 Å². The summed E-state index contributed by atoms with van der Waals surface area (Å²) >= 11 is 5.27. The van der Waals surface area contributed by atoms with Gasteiger partial charge in [0, 0.05) is 18.0 Å². The predicted octanol–water partition coefficient (Wildman–Crippen LogP) is 3.04. The quantitative estimate of drug-likeness (QED) is 0.717. The van der Waals surface area contributed by atoms with Crippen LogP contribution in [0.15, 0.2) is 36.5 Å². The first-order valence-corrected chi connectivity index (χ1v) is 6.22. The molecule has 0 bridgehead atoms. The van der Waals surface area contributed by atoms with E-state index in [4.69, 9.17) is 12.2 Å². The van der Waals surface area contributed by atoms with Gasteiger partial charge >= 0.3 is 0 Å². The minimum absolute atomic E-state index is 0.620. The van der Waals surface area contributed by atoms with Crippen LogP contribution in [0.2, 0.25) is 0 Å². The molecule has 2 aromatic heterocycles.